The smallest absolute Gasteiger partial charge is 0.243 e. The van der Waals surface area contributed by atoms with Gasteiger partial charge in [0, 0.05) is 12.2 Å². The van der Waals surface area contributed by atoms with Gasteiger partial charge in [0.25, 0.3) is 0 Å². The topological polar surface area (TPSA) is 51.0 Å². The van der Waals surface area contributed by atoms with E-state index in [1.807, 2.05) is 58.9 Å². The van der Waals surface area contributed by atoms with E-state index in [-0.39, 0.29) is 11.9 Å². The molecule has 5 nitrogen and oxygen atoms in total. The van der Waals surface area contributed by atoms with Crippen LogP contribution in [0, 0.1) is 6.92 Å². The molecule has 1 amide bonds. The van der Waals surface area contributed by atoms with Crippen molar-refractivity contribution < 1.29 is 4.79 Å². The summed E-state index contributed by atoms with van der Waals surface area (Å²) in [7, 11) is 0. The number of aromatic nitrogens is 3. The lowest BCUT2D eigenvalue weighted by atomic mass is 10.0. The molecule has 0 bridgehead atoms. The molecule has 5 heteroatoms. The third-order valence-electron chi connectivity index (χ3n) is 5.83. The molecule has 0 spiro atoms. The van der Waals surface area contributed by atoms with E-state index in [0.29, 0.717) is 6.54 Å². The molecule has 0 aliphatic carbocycles. The average molecular weight is 396 g/mol. The van der Waals surface area contributed by atoms with Crippen LogP contribution in [-0.2, 0) is 11.3 Å². The van der Waals surface area contributed by atoms with Crippen molar-refractivity contribution in [2.24, 2.45) is 0 Å². The zero-order valence-corrected chi connectivity index (χ0v) is 17.0. The first-order valence-electron chi connectivity index (χ1n) is 10.4. The molecular formula is C25H24N4O. The highest BCUT2D eigenvalue weighted by atomic mass is 16.2. The van der Waals surface area contributed by atoms with Gasteiger partial charge < -0.3 is 9.47 Å². The molecule has 150 valence electrons. The van der Waals surface area contributed by atoms with Gasteiger partial charge in [0.2, 0.25) is 5.91 Å². The summed E-state index contributed by atoms with van der Waals surface area (Å²) >= 11 is 0. The van der Waals surface area contributed by atoms with Crippen LogP contribution in [0.4, 0.5) is 0 Å². The Kier molecular flexibility index (Phi) is 4.79. The summed E-state index contributed by atoms with van der Waals surface area (Å²) in [5, 5.41) is 0. The van der Waals surface area contributed by atoms with Crippen LogP contribution >= 0.6 is 0 Å². The minimum atomic E-state index is 0.0228. The van der Waals surface area contributed by atoms with Crippen LogP contribution < -0.4 is 0 Å². The van der Waals surface area contributed by atoms with E-state index in [1.54, 1.807) is 6.33 Å². The Morgan fingerprint density at radius 3 is 2.70 bits per heavy atom. The Labute approximate surface area is 176 Å². The molecule has 4 aromatic rings. The van der Waals surface area contributed by atoms with E-state index in [0.717, 1.165) is 47.4 Å². The summed E-state index contributed by atoms with van der Waals surface area (Å²) in [6.45, 7) is 3.09. The van der Waals surface area contributed by atoms with Crippen molar-refractivity contribution >= 4 is 16.9 Å². The van der Waals surface area contributed by atoms with Crippen LogP contribution in [0.2, 0.25) is 0 Å². The Hall–Kier alpha value is -3.47. The Bertz CT molecular complexity index is 1200. The summed E-state index contributed by atoms with van der Waals surface area (Å²) in [4.78, 5) is 24.4. The SMILES string of the molecule is Cc1cc(-c2ccccc2)cc(C2CCCN2C(=O)Cn2cnc3ccccc32)n1. The molecule has 1 atom stereocenters. The summed E-state index contributed by atoms with van der Waals surface area (Å²) < 4.78 is 1.94. The Morgan fingerprint density at radius 2 is 1.83 bits per heavy atom. The van der Waals surface area contributed by atoms with Crippen molar-refractivity contribution in [3.8, 4) is 11.1 Å². The number of nitrogens with zero attached hydrogens (tertiary/aromatic N) is 4. The summed E-state index contributed by atoms with van der Waals surface area (Å²) in [6.07, 6.45) is 3.70. The maximum atomic E-state index is 13.2. The molecule has 5 rings (SSSR count). The van der Waals surface area contributed by atoms with Gasteiger partial charge >= 0.3 is 0 Å². The Balaban J connectivity index is 1.42. The molecule has 1 fully saturated rings. The van der Waals surface area contributed by atoms with Crippen LogP contribution in [0.5, 0.6) is 0 Å². The molecule has 3 heterocycles. The molecule has 2 aromatic carbocycles. The highest BCUT2D eigenvalue weighted by Gasteiger charge is 2.31. The quantitative estimate of drug-likeness (QED) is 0.499. The van der Waals surface area contributed by atoms with Gasteiger partial charge in [-0.25, -0.2) is 4.98 Å². The highest BCUT2D eigenvalue weighted by molar-refractivity contribution is 5.81. The lowest BCUT2D eigenvalue weighted by molar-refractivity contribution is -0.132. The van der Waals surface area contributed by atoms with Gasteiger partial charge in [-0.15, -0.1) is 0 Å². The predicted octanol–water partition coefficient (Wildman–Crippen LogP) is 4.77. The number of carbonyl (C=O) groups excluding carboxylic acids is 1. The number of likely N-dealkylation sites (tertiary alicyclic amines) is 1. The van der Waals surface area contributed by atoms with Gasteiger partial charge in [0.05, 0.1) is 29.1 Å². The molecule has 1 aliphatic heterocycles. The molecule has 0 N–H and O–H groups in total. The number of imidazole rings is 1. The van der Waals surface area contributed by atoms with Crippen molar-refractivity contribution in [3.05, 3.63) is 84.4 Å². The van der Waals surface area contributed by atoms with Gasteiger partial charge in [-0.05, 0) is 55.2 Å². The second-order valence-corrected chi connectivity index (χ2v) is 7.89. The molecular weight excluding hydrogens is 372 g/mol. The van der Waals surface area contributed by atoms with Crippen LogP contribution in [0.3, 0.4) is 0 Å². The third-order valence-corrected chi connectivity index (χ3v) is 5.83. The van der Waals surface area contributed by atoms with E-state index in [2.05, 4.69) is 29.2 Å². The number of aryl methyl sites for hydroxylation is 1. The lowest BCUT2D eigenvalue weighted by Gasteiger charge is -2.25. The van der Waals surface area contributed by atoms with Gasteiger partial charge in [-0.3, -0.25) is 9.78 Å². The fraction of sp³-hybridized carbons (Fsp3) is 0.240. The molecule has 0 saturated carbocycles. The standard InChI is InChI=1S/C25H24N4O/c1-18-14-20(19-8-3-2-4-9-19)15-22(27-18)24-12-7-13-29(24)25(30)16-28-17-26-21-10-5-6-11-23(21)28/h2-6,8-11,14-15,17,24H,7,12-13,16H2,1H3. The van der Waals surface area contributed by atoms with Crippen LogP contribution in [0.15, 0.2) is 73.1 Å². The number of amides is 1. The predicted molar refractivity (Wildman–Crippen MR) is 118 cm³/mol. The number of rotatable bonds is 4. The monoisotopic (exact) mass is 396 g/mol. The highest BCUT2D eigenvalue weighted by Crippen LogP contribution is 2.33. The summed E-state index contributed by atoms with van der Waals surface area (Å²) in [6, 6.07) is 22.5. The van der Waals surface area contributed by atoms with Crippen LogP contribution in [-0.4, -0.2) is 31.9 Å². The number of pyridine rings is 1. The summed E-state index contributed by atoms with van der Waals surface area (Å²) in [5.41, 5.74) is 6.18. The minimum absolute atomic E-state index is 0.0228. The maximum Gasteiger partial charge on any atom is 0.243 e. The van der Waals surface area contributed by atoms with E-state index in [4.69, 9.17) is 4.98 Å². The second-order valence-electron chi connectivity index (χ2n) is 7.89. The first-order valence-corrected chi connectivity index (χ1v) is 10.4. The minimum Gasteiger partial charge on any atom is -0.333 e. The molecule has 1 saturated heterocycles. The van der Waals surface area contributed by atoms with E-state index >= 15 is 0 Å². The molecule has 1 aliphatic rings. The van der Waals surface area contributed by atoms with E-state index < -0.39 is 0 Å². The van der Waals surface area contributed by atoms with E-state index in [9.17, 15) is 4.79 Å². The molecule has 1 unspecified atom stereocenters. The van der Waals surface area contributed by atoms with Crippen LogP contribution in [0.1, 0.15) is 30.3 Å². The van der Waals surface area contributed by atoms with Gasteiger partial charge in [-0.1, -0.05) is 42.5 Å². The number of benzene rings is 2. The lowest BCUT2D eigenvalue weighted by Crippen LogP contribution is -2.33. The van der Waals surface area contributed by atoms with Gasteiger partial charge in [0.15, 0.2) is 0 Å². The van der Waals surface area contributed by atoms with Crippen molar-refractivity contribution in [2.45, 2.75) is 32.4 Å². The number of hydrogen-bond donors (Lipinski definition) is 0. The molecule has 30 heavy (non-hydrogen) atoms. The first kappa shape index (κ1) is 18.6. The third kappa shape index (κ3) is 3.47. The average Bonchev–Trinajstić information content (AvgIpc) is 3.42. The molecule has 2 aromatic heterocycles. The normalized spacial score (nSPS) is 16.3. The number of hydrogen-bond acceptors (Lipinski definition) is 3. The van der Waals surface area contributed by atoms with E-state index in [1.165, 1.54) is 5.56 Å². The fourth-order valence-corrected chi connectivity index (χ4v) is 4.41. The number of fused-ring (bicyclic) bond motifs is 1. The number of para-hydroxylation sites is 2. The summed E-state index contributed by atoms with van der Waals surface area (Å²) in [5.74, 6) is 0.116. The Morgan fingerprint density at radius 1 is 1.03 bits per heavy atom. The van der Waals surface area contributed by atoms with Gasteiger partial charge in [-0.2, -0.15) is 0 Å². The fourth-order valence-electron chi connectivity index (χ4n) is 4.41. The zero-order chi connectivity index (χ0) is 20.5. The van der Waals surface area contributed by atoms with Gasteiger partial charge in [0.1, 0.15) is 6.54 Å². The second kappa shape index (κ2) is 7.75. The van der Waals surface area contributed by atoms with Crippen molar-refractivity contribution in [3.63, 3.8) is 0 Å². The van der Waals surface area contributed by atoms with Crippen molar-refractivity contribution in [1.82, 2.24) is 19.4 Å². The molecule has 0 radical (unpaired) electrons. The largest absolute Gasteiger partial charge is 0.333 e. The first-order chi connectivity index (χ1) is 14.7. The van der Waals surface area contributed by atoms with Crippen molar-refractivity contribution in [1.29, 1.82) is 0 Å². The zero-order valence-electron chi connectivity index (χ0n) is 17.0. The van der Waals surface area contributed by atoms with Crippen LogP contribution in [0.25, 0.3) is 22.2 Å². The van der Waals surface area contributed by atoms with Crippen molar-refractivity contribution in [2.75, 3.05) is 6.54 Å². The maximum absolute atomic E-state index is 13.2. The number of carbonyl (C=O) groups is 1.